The van der Waals surface area contributed by atoms with E-state index in [1.54, 1.807) is 34.8 Å². The number of thiophene rings is 4. The van der Waals surface area contributed by atoms with E-state index in [0.29, 0.717) is 4.88 Å². The highest BCUT2D eigenvalue weighted by molar-refractivity contribution is 7.27. The summed E-state index contributed by atoms with van der Waals surface area (Å²) in [5.74, 6) is -9.94. The van der Waals surface area contributed by atoms with Gasteiger partial charge in [0.05, 0.1) is 9.75 Å². The van der Waals surface area contributed by atoms with Crippen molar-refractivity contribution in [3.8, 4) is 19.5 Å². The number of benzene rings is 1. The van der Waals surface area contributed by atoms with E-state index in [9.17, 15) is 9.59 Å². The van der Waals surface area contributed by atoms with E-state index in [1.807, 2.05) is 33.8 Å². The largest absolute Gasteiger partial charge is 0.287 e. The highest BCUT2D eigenvalue weighted by Gasteiger charge is 2.34. The fourth-order valence-electron chi connectivity index (χ4n) is 4.78. The van der Waals surface area contributed by atoms with Gasteiger partial charge >= 0.3 is 0 Å². The SMILES string of the molecule is CCC(C)(C)c1cc(C)c(-c2sc(-c3ccc(C(=O)c4c(F)c(F)c(C(=O)c5ccc(C(C)(C)C)s5)c(F)c4F)s3)cc2C)s1. The molecule has 0 atom stereocenters. The van der Waals surface area contributed by atoms with Crippen LogP contribution in [0.5, 0.6) is 0 Å². The molecule has 4 aromatic heterocycles. The van der Waals surface area contributed by atoms with Gasteiger partial charge in [0.15, 0.2) is 23.3 Å². The van der Waals surface area contributed by atoms with Crippen LogP contribution in [-0.2, 0) is 10.8 Å². The molecule has 1 aromatic carbocycles. The Labute approximate surface area is 276 Å². The third-order valence-electron chi connectivity index (χ3n) is 7.95. The number of hydrogen-bond acceptors (Lipinski definition) is 6. The molecule has 0 unspecified atom stereocenters. The van der Waals surface area contributed by atoms with Crippen molar-refractivity contribution in [2.75, 3.05) is 0 Å². The topological polar surface area (TPSA) is 34.1 Å². The van der Waals surface area contributed by atoms with Gasteiger partial charge in [-0.2, -0.15) is 0 Å². The van der Waals surface area contributed by atoms with Crippen LogP contribution in [0, 0.1) is 37.1 Å². The third kappa shape index (κ3) is 6.02. The van der Waals surface area contributed by atoms with Gasteiger partial charge in [0.1, 0.15) is 11.1 Å². The summed E-state index contributed by atoms with van der Waals surface area (Å²) in [6, 6.07) is 10.3. The summed E-state index contributed by atoms with van der Waals surface area (Å²) in [6.45, 7) is 16.4. The first-order valence-electron chi connectivity index (χ1n) is 14.3. The Balaban J connectivity index is 1.47. The van der Waals surface area contributed by atoms with Crippen LogP contribution < -0.4 is 0 Å². The molecule has 0 N–H and O–H groups in total. The van der Waals surface area contributed by atoms with Crippen molar-refractivity contribution in [1.29, 1.82) is 0 Å². The van der Waals surface area contributed by atoms with Crippen molar-refractivity contribution >= 4 is 56.9 Å². The zero-order valence-corrected chi connectivity index (χ0v) is 29.4. The number of aryl methyl sites for hydroxylation is 2. The first-order valence-corrected chi connectivity index (χ1v) is 17.6. The molecule has 0 saturated heterocycles. The Morgan fingerprint density at radius 3 is 1.62 bits per heavy atom. The number of carbonyl (C=O) groups is 2. The highest BCUT2D eigenvalue weighted by atomic mass is 32.1. The second kappa shape index (κ2) is 12.0. The van der Waals surface area contributed by atoms with Gasteiger partial charge in [0.2, 0.25) is 11.6 Å². The van der Waals surface area contributed by atoms with Crippen LogP contribution in [0.1, 0.15) is 99.3 Å². The average Bonchev–Trinajstić information content (AvgIpc) is 3.78. The van der Waals surface area contributed by atoms with Gasteiger partial charge in [0.25, 0.3) is 0 Å². The molecule has 0 fully saturated rings. The minimum Gasteiger partial charge on any atom is -0.287 e. The van der Waals surface area contributed by atoms with Crippen molar-refractivity contribution < 1.29 is 27.2 Å². The molecule has 4 heterocycles. The average molecular weight is 689 g/mol. The number of rotatable bonds is 8. The summed E-state index contributed by atoms with van der Waals surface area (Å²) in [4.78, 5) is 32.0. The Kier molecular flexibility index (Phi) is 8.94. The van der Waals surface area contributed by atoms with Gasteiger partial charge in [-0.05, 0) is 78.6 Å². The van der Waals surface area contributed by atoms with Gasteiger partial charge < -0.3 is 0 Å². The molecule has 0 spiro atoms. The molecular weight excluding hydrogens is 657 g/mol. The Morgan fingerprint density at radius 2 is 1.11 bits per heavy atom. The lowest BCUT2D eigenvalue weighted by atomic mass is 9.88. The lowest BCUT2D eigenvalue weighted by Crippen LogP contribution is -2.17. The molecule has 5 rings (SSSR count). The maximum atomic E-state index is 15.3. The standard InChI is InChI=1S/C35H32F4O2S4/c1-9-35(7,8)23-15-17(3)33(45-23)32-16(2)14-21(44-32)18-10-11-19(42-18)30(40)24-26(36)28(38)25(29(39)27(24)37)31(41)20-12-13-22(43-20)34(4,5)6/h10-15H,9H2,1-8H3. The van der Waals surface area contributed by atoms with E-state index in [2.05, 4.69) is 33.8 Å². The molecule has 0 bridgehead atoms. The van der Waals surface area contributed by atoms with Gasteiger partial charge in [0, 0.05) is 29.3 Å². The monoisotopic (exact) mass is 688 g/mol. The number of ketones is 2. The van der Waals surface area contributed by atoms with Crippen LogP contribution in [0.4, 0.5) is 17.6 Å². The lowest BCUT2D eigenvalue weighted by Gasteiger charge is -2.20. The Morgan fingerprint density at radius 1 is 0.622 bits per heavy atom. The third-order valence-corrected chi connectivity index (χ3v) is 13.7. The van der Waals surface area contributed by atoms with Gasteiger partial charge in [-0.15, -0.1) is 45.3 Å². The summed E-state index contributed by atoms with van der Waals surface area (Å²) in [7, 11) is 0. The number of carbonyl (C=O) groups excluding carboxylic acids is 2. The summed E-state index contributed by atoms with van der Waals surface area (Å²) in [5, 5.41) is 0. The smallest absolute Gasteiger partial charge is 0.209 e. The quantitative estimate of drug-likeness (QED) is 0.0924. The zero-order valence-electron chi connectivity index (χ0n) is 26.1. The van der Waals surface area contributed by atoms with Gasteiger partial charge in [-0.1, -0.05) is 41.5 Å². The predicted octanol–water partition coefficient (Wildman–Crippen LogP) is 11.9. The molecule has 0 amide bonds. The van der Waals surface area contributed by atoms with E-state index < -0.39 is 46.0 Å². The molecule has 0 aliphatic carbocycles. The maximum Gasteiger partial charge on any atom is 0.209 e. The molecule has 236 valence electrons. The van der Waals surface area contributed by atoms with E-state index in [-0.39, 0.29) is 20.6 Å². The molecule has 2 nitrogen and oxygen atoms in total. The summed E-state index contributed by atoms with van der Waals surface area (Å²) < 4.78 is 61.0. The molecule has 0 aliphatic rings. The van der Waals surface area contributed by atoms with Crippen LogP contribution in [0.15, 0.2) is 36.4 Å². The lowest BCUT2D eigenvalue weighted by molar-refractivity contribution is 0.101. The van der Waals surface area contributed by atoms with Crippen molar-refractivity contribution in [2.24, 2.45) is 0 Å². The molecular formula is C35H32F4O2S4. The summed E-state index contributed by atoms with van der Waals surface area (Å²) in [6.07, 6.45) is 1.01. The second-order valence-electron chi connectivity index (χ2n) is 12.7. The normalized spacial score (nSPS) is 12.3. The van der Waals surface area contributed by atoms with Crippen molar-refractivity contribution in [1.82, 2.24) is 0 Å². The molecule has 0 aliphatic heterocycles. The van der Waals surface area contributed by atoms with E-state index in [4.69, 9.17) is 0 Å². The first kappa shape index (κ1) is 33.4. The number of hydrogen-bond donors (Lipinski definition) is 0. The van der Waals surface area contributed by atoms with E-state index >= 15 is 17.6 Å². The molecule has 45 heavy (non-hydrogen) atoms. The summed E-state index contributed by atoms with van der Waals surface area (Å²) in [5.41, 5.74) is -0.760. The van der Waals surface area contributed by atoms with Crippen LogP contribution in [0.25, 0.3) is 19.5 Å². The van der Waals surface area contributed by atoms with Crippen molar-refractivity contribution in [3.05, 3.63) is 101 Å². The van der Waals surface area contributed by atoms with Crippen molar-refractivity contribution in [2.45, 2.75) is 72.6 Å². The van der Waals surface area contributed by atoms with E-state index in [1.165, 1.54) is 27.5 Å². The fourth-order valence-corrected chi connectivity index (χ4v) is 9.60. The molecule has 10 heteroatoms. The first-order chi connectivity index (χ1) is 21.0. The molecule has 5 aromatic rings. The second-order valence-corrected chi connectivity index (χ2v) is 17.0. The van der Waals surface area contributed by atoms with Gasteiger partial charge in [-0.25, -0.2) is 17.6 Å². The van der Waals surface area contributed by atoms with Crippen LogP contribution in [0.2, 0.25) is 0 Å². The van der Waals surface area contributed by atoms with Crippen LogP contribution >= 0.6 is 45.3 Å². The van der Waals surface area contributed by atoms with E-state index in [0.717, 1.165) is 49.3 Å². The number of halogens is 4. The minimum absolute atomic E-state index is 0.0550. The van der Waals surface area contributed by atoms with Crippen LogP contribution in [0.3, 0.4) is 0 Å². The van der Waals surface area contributed by atoms with Gasteiger partial charge in [-0.3, -0.25) is 9.59 Å². The fraction of sp³-hybridized carbons (Fsp3) is 0.314. The Hall–Kier alpha value is -2.92. The van der Waals surface area contributed by atoms with Crippen LogP contribution in [-0.4, -0.2) is 11.6 Å². The minimum atomic E-state index is -1.89. The zero-order chi connectivity index (χ0) is 33.2. The summed E-state index contributed by atoms with van der Waals surface area (Å²) >= 11 is 5.30. The molecule has 0 radical (unpaired) electrons. The molecule has 0 saturated carbocycles. The Bertz CT molecular complexity index is 1930. The highest BCUT2D eigenvalue weighted by Crippen LogP contribution is 2.46. The predicted molar refractivity (Wildman–Crippen MR) is 180 cm³/mol. The maximum absolute atomic E-state index is 15.3. The van der Waals surface area contributed by atoms with Crippen molar-refractivity contribution in [3.63, 3.8) is 0 Å².